The third kappa shape index (κ3) is 4.62. The van der Waals surface area contributed by atoms with Crippen LogP contribution in [-0.4, -0.2) is 19.5 Å². The molecule has 6 aromatic carbocycles. The molecule has 0 spiro atoms. The van der Waals surface area contributed by atoms with E-state index in [-0.39, 0.29) is 6.04 Å². The van der Waals surface area contributed by atoms with E-state index in [9.17, 15) is 0 Å². The summed E-state index contributed by atoms with van der Waals surface area (Å²) in [5, 5.41) is 4.46. The number of aromatic nitrogens is 4. The topological polar surface area (TPSA) is 56.7 Å². The quantitative estimate of drug-likeness (QED) is 0.188. The van der Waals surface area contributed by atoms with Gasteiger partial charge in [0.2, 0.25) is 0 Å². The van der Waals surface area contributed by atoms with Gasteiger partial charge in [-0.15, -0.1) is 0 Å². The molecular weight excluding hydrogens is 613 g/mol. The minimum atomic E-state index is 0.219. The molecule has 3 aromatic heterocycles. The number of benzene rings is 5. The van der Waals surface area contributed by atoms with Crippen molar-refractivity contribution in [3.8, 4) is 45.3 Å². The van der Waals surface area contributed by atoms with Crippen molar-refractivity contribution in [1.29, 1.82) is 0 Å². The number of rotatable bonds is 5. The van der Waals surface area contributed by atoms with E-state index in [4.69, 9.17) is 19.4 Å². The molecule has 50 heavy (non-hydrogen) atoms. The summed E-state index contributed by atoms with van der Waals surface area (Å²) >= 11 is 0. The molecule has 5 heteroatoms. The fourth-order valence-electron chi connectivity index (χ4n) is 7.31. The minimum absolute atomic E-state index is 0.219. The van der Waals surface area contributed by atoms with E-state index >= 15 is 0 Å². The lowest BCUT2D eigenvalue weighted by molar-refractivity contribution is 0.648. The predicted octanol–water partition coefficient (Wildman–Crippen LogP) is 11.2. The molecule has 1 aliphatic rings. The van der Waals surface area contributed by atoms with Crippen molar-refractivity contribution in [2.24, 2.45) is 0 Å². The Morgan fingerprint density at radius 1 is 0.580 bits per heavy atom. The summed E-state index contributed by atoms with van der Waals surface area (Å²) in [6.07, 6.45) is 9.71. The molecule has 1 unspecified atom stereocenters. The number of nitrogens with zero attached hydrogens (tertiary/aromatic N) is 4. The zero-order valence-corrected chi connectivity index (χ0v) is 26.9. The molecule has 0 aliphatic heterocycles. The Kier molecular flexibility index (Phi) is 6.46. The van der Waals surface area contributed by atoms with Gasteiger partial charge in [-0.3, -0.25) is 0 Å². The van der Waals surface area contributed by atoms with Gasteiger partial charge in [-0.05, 0) is 66.1 Å². The molecule has 0 fully saturated rings. The van der Waals surface area contributed by atoms with Gasteiger partial charge in [-0.2, -0.15) is 0 Å². The third-order valence-corrected chi connectivity index (χ3v) is 9.67. The zero-order valence-electron chi connectivity index (χ0n) is 26.9. The highest BCUT2D eigenvalue weighted by molar-refractivity contribution is 6.14. The lowest BCUT2D eigenvalue weighted by Crippen LogP contribution is -2.06. The molecule has 234 valence electrons. The van der Waals surface area contributed by atoms with Crippen LogP contribution in [0.3, 0.4) is 0 Å². The van der Waals surface area contributed by atoms with Gasteiger partial charge in [-0.1, -0.05) is 115 Å². The molecule has 0 amide bonds. The Bertz CT molecular complexity index is 2790. The third-order valence-electron chi connectivity index (χ3n) is 9.67. The smallest absolute Gasteiger partial charge is 0.164 e. The van der Waals surface area contributed by atoms with Gasteiger partial charge in [0.25, 0.3) is 0 Å². The molecule has 0 saturated carbocycles. The first-order chi connectivity index (χ1) is 24.8. The zero-order chi connectivity index (χ0) is 33.0. The number of furan rings is 1. The fraction of sp³-hybridized carbons (Fsp3) is 0.0444. The summed E-state index contributed by atoms with van der Waals surface area (Å²) in [4.78, 5) is 15.5. The Morgan fingerprint density at radius 2 is 1.32 bits per heavy atom. The molecule has 1 atom stereocenters. The van der Waals surface area contributed by atoms with Gasteiger partial charge >= 0.3 is 0 Å². The molecule has 5 nitrogen and oxygen atoms in total. The lowest BCUT2D eigenvalue weighted by atomic mass is 10.0. The highest BCUT2D eigenvalue weighted by Gasteiger charge is 2.22. The fourth-order valence-corrected chi connectivity index (χ4v) is 7.31. The summed E-state index contributed by atoms with van der Waals surface area (Å²) in [6.45, 7) is 0. The first-order valence-corrected chi connectivity index (χ1v) is 16.8. The summed E-state index contributed by atoms with van der Waals surface area (Å²) in [6, 6.07) is 49.9. The first-order valence-electron chi connectivity index (χ1n) is 16.8. The Hall–Kier alpha value is -6.77. The lowest BCUT2D eigenvalue weighted by Gasteiger charge is -2.18. The van der Waals surface area contributed by atoms with Gasteiger partial charge in [0.05, 0.1) is 11.6 Å². The summed E-state index contributed by atoms with van der Waals surface area (Å²) < 4.78 is 8.73. The van der Waals surface area contributed by atoms with Crippen molar-refractivity contribution in [2.75, 3.05) is 0 Å². The van der Waals surface area contributed by atoms with E-state index in [0.29, 0.717) is 17.5 Å². The van der Waals surface area contributed by atoms with Crippen molar-refractivity contribution in [3.05, 3.63) is 164 Å². The van der Waals surface area contributed by atoms with Crippen LogP contribution in [0.1, 0.15) is 12.5 Å². The van der Waals surface area contributed by atoms with Crippen LogP contribution in [0.15, 0.2) is 156 Å². The van der Waals surface area contributed by atoms with Gasteiger partial charge in [0.15, 0.2) is 17.5 Å². The maximum atomic E-state index is 6.28. The summed E-state index contributed by atoms with van der Waals surface area (Å²) in [7, 11) is 0. The second-order valence-electron chi connectivity index (χ2n) is 12.6. The van der Waals surface area contributed by atoms with Crippen molar-refractivity contribution >= 4 is 43.7 Å². The highest BCUT2D eigenvalue weighted by Crippen LogP contribution is 2.40. The van der Waals surface area contributed by atoms with Crippen LogP contribution < -0.4 is 0 Å². The van der Waals surface area contributed by atoms with Crippen LogP contribution in [0, 0.1) is 12.1 Å². The molecule has 0 bridgehead atoms. The van der Waals surface area contributed by atoms with Crippen LogP contribution in [-0.2, 0) is 0 Å². The number of para-hydroxylation sites is 2. The van der Waals surface area contributed by atoms with Crippen LogP contribution in [0.4, 0.5) is 0 Å². The van der Waals surface area contributed by atoms with Crippen molar-refractivity contribution in [2.45, 2.75) is 12.5 Å². The number of hydrogen-bond acceptors (Lipinski definition) is 4. The maximum Gasteiger partial charge on any atom is 0.164 e. The largest absolute Gasteiger partial charge is 0.456 e. The SMILES string of the molecule is c1ccc(-c2ccc(-c3nc(-c4ccc5c(c4)oc4ccccc45)nc(-c4cccc5c4c4ccccc4n5C4C=CC=CC4)n3)cc2)cc#1. The number of allylic oxidation sites excluding steroid dienone is 4. The molecular formula is C45H28N4O. The van der Waals surface area contributed by atoms with Crippen molar-refractivity contribution < 1.29 is 4.42 Å². The van der Waals surface area contributed by atoms with E-state index in [1.54, 1.807) is 0 Å². The Morgan fingerprint density at radius 3 is 2.16 bits per heavy atom. The normalized spacial score (nSPS) is 14.2. The standard InChI is InChI=1S/C45H28N4O/c1-3-12-29(13-4-1)30-22-24-31(25-23-30)43-46-44(32-26-27-35-34-16-8-10-21-40(34)50-41(35)28-32)48-45(47-43)37-18-11-20-39-42(37)36-17-7-9-19-38(36)49(39)33-14-5-2-6-15-33/h2-3,5-14,16-28,33H,15H2. The monoisotopic (exact) mass is 640 g/mol. The maximum absolute atomic E-state index is 6.28. The summed E-state index contributed by atoms with van der Waals surface area (Å²) in [5.74, 6) is 1.82. The molecule has 9 aromatic rings. The predicted molar refractivity (Wildman–Crippen MR) is 201 cm³/mol. The average Bonchev–Trinajstić information content (AvgIpc) is 3.74. The Balaban J connectivity index is 1.19. The average molecular weight is 641 g/mol. The van der Waals surface area contributed by atoms with Crippen LogP contribution in [0.2, 0.25) is 0 Å². The van der Waals surface area contributed by atoms with E-state index in [2.05, 4.69) is 126 Å². The second-order valence-corrected chi connectivity index (χ2v) is 12.6. The molecule has 0 N–H and O–H groups in total. The molecule has 3 heterocycles. The molecule has 10 rings (SSSR count). The number of fused-ring (bicyclic) bond motifs is 6. The van der Waals surface area contributed by atoms with Gasteiger partial charge in [0, 0.05) is 43.8 Å². The molecule has 1 aliphatic carbocycles. The first kappa shape index (κ1) is 28.3. The minimum Gasteiger partial charge on any atom is -0.456 e. The van der Waals surface area contributed by atoms with Crippen molar-refractivity contribution in [3.63, 3.8) is 0 Å². The van der Waals surface area contributed by atoms with E-state index in [1.165, 1.54) is 10.9 Å². The van der Waals surface area contributed by atoms with E-state index in [1.807, 2.05) is 42.5 Å². The Labute approximate surface area is 288 Å². The molecule has 0 radical (unpaired) electrons. The molecule has 0 saturated heterocycles. The van der Waals surface area contributed by atoms with Crippen LogP contribution in [0.5, 0.6) is 0 Å². The number of hydrogen-bond donors (Lipinski definition) is 0. The van der Waals surface area contributed by atoms with Gasteiger partial charge in [-0.25, -0.2) is 15.0 Å². The van der Waals surface area contributed by atoms with Crippen LogP contribution in [0.25, 0.3) is 89.0 Å². The van der Waals surface area contributed by atoms with E-state index in [0.717, 1.165) is 67.1 Å². The van der Waals surface area contributed by atoms with E-state index < -0.39 is 0 Å². The summed E-state index contributed by atoms with van der Waals surface area (Å²) in [5.41, 5.74) is 8.91. The van der Waals surface area contributed by atoms with Crippen molar-refractivity contribution in [1.82, 2.24) is 19.5 Å². The highest BCUT2D eigenvalue weighted by atomic mass is 16.3. The van der Waals surface area contributed by atoms with Gasteiger partial charge < -0.3 is 8.98 Å². The second kappa shape index (κ2) is 11.4. The van der Waals surface area contributed by atoms with Gasteiger partial charge in [0.1, 0.15) is 11.2 Å². The van der Waals surface area contributed by atoms with Crippen LogP contribution >= 0.6 is 0 Å².